The van der Waals surface area contributed by atoms with Crippen LogP contribution in [-0.2, 0) is 16.1 Å². The van der Waals surface area contributed by atoms with Crippen LogP contribution in [0, 0.1) is 11.3 Å². The van der Waals surface area contributed by atoms with E-state index >= 15 is 0 Å². The third-order valence-corrected chi connectivity index (χ3v) is 1.90. The van der Waals surface area contributed by atoms with Gasteiger partial charge in [0.2, 0.25) is 5.76 Å². The van der Waals surface area contributed by atoms with E-state index in [1.54, 1.807) is 6.07 Å². The molecule has 96 valence electrons. The summed E-state index contributed by atoms with van der Waals surface area (Å²) in [4.78, 5) is 11.4. The molecule has 1 heterocycles. The van der Waals surface area contributed by atoms with E-state index in [4.69, 9.17) is 24.9 Å². The van der Waals surface area contributed by atoms with E-state index in [1.807, 2.05) is 6.07 Å². The van der Waals surface area contributed by atoms with Crippen molar-refractivity contribution in [2.24, 2.45) is 5.73 Å². The highest BCUT2D eigenvalue weighted by atomic mass is 16.5. The van der Waals surface area contributed by atoms with Crippen LogP contribution in [0.4, 0.5) is 0 Å². The fraction of sp³-hybridized carbons (Fsp3) is 0.333. The first-order valence-electron chi connectivity index (χ1n) is 5.27. The molecule has 1 aromatic rings. The Morgan fingerprint density at radius 1 is 1.67 bits per heavy atom. The molecule has 0 fully saturated rings. The molecule has 0 amide bonds. The molecule has 0 aliphatic rings. The summed E-state index contributed by atoms with van der Waals surface area (Å²) in [6.07, 6.45) is 1.47. The Labute approximate surface area is 105 Å². The van der Waals surface area contributed by atoms with Gasteiger partial charge in [-0.15, -0.1) is 0 Å². The monoisotopic (exact) mass is 250 g/mol. The van der Waals surface area contributed by atoms with Gasteiger partial charge >= 0.3 is 5.97 Å². The lowest BCUT2D eigenvalue weighted by molar-refractivity contribution is 0.0501. The number of furan rings is 1. The quantitative estimate of drug-likeness (QED) is 0.572. The van der Waals surface area contributed by atoms with Crippen LogP contribution in [0.5, 0.6) is 0 Å². The number of nitrogens with zero attached hydrogens (tertiary/aromatic N) is 1. The Kier molecular flexibility index (Phi) is 5.64. The second-order valence-electron chi connectivity index (χ2n) is 3.40. The topological polar surface area (TPSA) is 98.5 Å². The van der Waals surface area contributed by atoms with Gasteiger partial charge in [0, 0.05) is 0 Å². The smallest absolute Gasteiger partial charge is 0.374 e. The number of ether oxygens (including phenoxy) is 2. The van der Waals surface area contributed by atoms with Crippen LogP contribution in [-0.4, -0.2) is 25.2 Å². The van der Waals surface area contributed by atoms with Crippen LogP contribution in [0.2, 0.25) is 0 Å². The first kappa shape index (κ1) is 14.0. The Balaban J connectivity index is 2.41. The maximum Gasteiger partial charge on any atom is 0.374 e. The summed E-state index contributed by atoms with van der Waals surface area (Å²) in [5.41, 5.74) is 5.35. The molecular formula is C12H14N2O4. The Morgan fingerprint density at radius 3 is 3.11 bits per heavy atom. The number of esters is 1. The van der Waals surface area contributed by atoms with Crippen molar-refractivity contribution < 1.29 is 18.7 Å². The lowest BCUT2D eigenvalue weighted by Gasteiger charge is -2.02. The fourth-order valence-electron chi connectivity index (χ4n) is 1.09. The van der Waals surface area contributed by atoms with Crippen molar-refractivity contribution in [1.82, 2.24) is 0 Å². The van der Waals surface area contributed by atoms with Crippen LogP contribution in [0.25, 0.3) is 0 Å². The Hall–Kier alpha value is -2.10. The van der Waals surface area contributed by atoms with Gasteiger partial charge in [-0.3, -0.25) is 0 Å². The van der Waals surface area contributed by atoms with Crippen molar-refractivity contribution in [1.29, 1.82) is 5.26 Å². The summed E-state index contributed by atoms with van der Waals surface area (Å²) >= 11 is 0. The predicted octanol–water partition coefficient (Wildman–Crippen LogP) is 0.990. The third kappa shape index (κ3) is 4.41. The normalized spacial score (nSPS) is 11.6. The maximum absolute atomic E-state index is 11.4. The van der Waals surface area contributed by atoms with Gasteiger partial charge in [-0.2, -0.15) is 5.26 Å². The lowest BCUT2D eigenvalue weighted by Crippen LogP contribution is -2.23. The van der Waals surface area contributed by atoms with Gasteiger partial charge in [0.25, 0.3) is 0 Å². The molecular weight excluding hydrogens is 236 g/mol. The highest BCUT2D eigenvalue weighted by molar-refractivity contribution is 5.86. The number of nitriles is 1. The van der Waals surface area contributed by atoms with Crippen molar-refractivity contribution >= 4 is 5.97 Å². The van der Waals surface area contributed by atoms with Crippen molar-refractivity contribution in [3.05, 3.63) is 36.3 Å². The molecule has 6 nitrogen and oxygen atoms in total. The molecule has 1 aromatic heterocycles. The first-order valence-corrected chi connectivity index (χ1v) is 5.27. The average molecular weight is 250 g/mol. The van der Waals surface area contributed by atoms with Gasteiger partial charge in [0.15, 0.2) is 0 Å². The van der Waals surface area contributed by atoms with E-state index in [-0.39, 0.29) is 25.6 Å². The summed E-state index contributed by atoms with van der Waals surface area (Å²) in [6.45, 7) is 3.81. The molecule has 1 rings (SSSR count). The molecule has 0 aromatic carbocycles. The van der Waals surface area contributed by atoms with Crippen molar-refractivity contribution in [2.45, 2.75) is 12.6 Å². The predicted molar refractivity (Wildman–Crippen MR) is 62.4 cm³/mol. The molecule has 2 N–H and O–H groups in total. The first-order chi connectivity index (χ1) is 8.67. The van der Waals surface area contributed by atoms with Gasteiger partial charge in [-0.1, -0.05) is 12.7 Å². The zero-order valence-electron chi connectivity index (χ0n) is 9.80. The van der Waals surface area contributed by atoms with E-state index in [0.717, 1.165) is 0 Å². The lowest BCUT2D eigenvalue weighted by atomic mass is 10.4. The Morgan fingerprint density at radius 2 is 2.44 bits per heavy atom. The second-order valence-corrected chi connectivity index (χ2v) is 3.40. The molecule has 0 bridgehead atoms. The van der Waals surface area contributed by atoms with Gasteiger partial charge in [-0.05, 0) is 12.1 Å². The van der Waals surface area contributed by atoms with Crippen LogP contribution >= 0.6 is 0 Å². The number of nitrogens with two attached hydrogens (primary N) is 1. The second kappa shape index (κ2) is 7.27. The number of hydrogen-bond donors (Lipinski definition) is 1. The molecule has 6 heteroatoms. The number of carbonyl (C=O) groups is 1. The largest absolute Gasteiger partial charge is 0.456 e. The van der Waals surface area contributed by atoms with E-state index in [9.17, 15) is 4.79 Å². The van der Waals surface area contributed by atoms with E-state index in [2.05, 4.69) is 6.58 Å². The van der Waals surface area contributed by atoms with Crippen LogP contribution < -0.4 is 5.73 Å². The third-order valence-electron chi connectivity index (χ3n) is 1.90. The summed E-state index contributed by atoms with van der Waals surface area (Å²) in [6, 6.07) is 4.26. The number of carbonyl (C=O) groups excluding carboxylic acids is 1. The highest BCUT2D eigenvalue weighted by Gasteiger charge is 2.12. The molecule has 0 radical (unpaired) electrons. The van der Waals surface area contributed by atoms with Crippen molar-refractivity contribution in [3.8, 4) is 6.07 Å². The van der Waals surface area contributed by atoms with Crippen LogP contribution in [0.3, 0.4) is 0 Å². The Bertz CT molecular complexity index is 447. The molecule has 1 atom stereocenters. The molecule has 0 aliphatic carbocycles. The zero-order valence-corrected chi connectivity index (χ0v) is 9.80. The summed E-state index contributed by atoms with van der Waals surface area (Å²) in [7, 11) is 0. The highest BCUT2D eigenvalue weighted by Crippen LogP contribution is 2.10. The van der Waals surface area contributed by atoms with Gasteiger partial charge in [-0.25, -0.2) is 4.79 Å². The molecule has 0 spiro atoms. The van der Waals surface area contributed by atoms with Gasteiger partial charge in [0.1, 0.15) is 25.0 Å². The average Bonchev–Trinajstić information content (AvgIpc) is 2.84. The number of rotatable bonds is 7. The standard InChI is InChI=1S/C12H14N2O4/c1-2-5-17-12(15)11-4-3-10(18-11)8-16-7-9(14)6-13/h2-4,9H,1,5,7-8,14H2/t9-/m0/s1. The van der Waals surface area contributed by atoms with Crippen molar-refractivity contribution in [3.63, 3.8) is 0 Å². The molecule has 0 saturated heterocycles. The number of hydrogen-bond acceptors (Lipinski definition) is 6. The summed E-state index contributed by atoms with van der Waals surface area (Å²) in [5, 5.41) is 8.44. The van der Waals surface area contributed by atoms with Gasteiger partial charge < -0.3 is 19.6 Å². The van der Waals surface area contributed by atoms with Crippen LogP contribution in [0.15, 0.2) is 29.2 Å². The zero-order chi connectivity index (χ0) is 13.4. The maximum atomic E-state index is 11.4. The molecule has 0 saturated carbocycles. The fourth-order valence-corrected chi connectivity index (χ4v) is 1.09. The molecule has 0 aliphatic heterocycles. The van der Waals surface area contributed by atoms with E-state index in [0.29, 0.717) is 5.76 Å². The minimum Gasteiger partial charge on any atom is -0.456 e. The molecule has 0 unspecified atom stereocenters. The summed E-state index contributed by atoms with van der Waals surface area (Å²) in [5.74, 6) is 0.000556. The van der Waals surface area contributed by atoms with Crippen molar-refractivity contribution in [2.75, 3.05) is 13.2 Å². The van der Waals surface area contributed by atoms with Crippen LogP contribution in [0.1, 0.15) is 16.3 Å². The minimum absolute atomic E-state index is 0.0973. The van der Waals surface area contributed by atoms with E-state index < -0.39 is 12.0 Å². The SMILES string of the molecule is C=CCOC(=O)c1ccc(COC[C@@H](N)C#N)o1. The van der Waals surface area contributed by atoms with Gasteiger partial charge in [0.05, 0.1) is 12.7 Å². The summed E-state index contributed by atoms with van der Waals surface area (Å²) < 4.78 is 15.1. The molecule has 18 heavy (non-hydrogen) atoms. The van der Waals surface area contributed by atoms with E-state index in [1.165, 1.54) is 12.1 Å². The minimum atomic E-state index is -0.669.